The molecule has 0 bridgehead atoms. The molecule has 0 radical (unpaired) electrons. The second kappa shape index (κ2) is 2.99. The van der Waals surface area contributed by atoms with Crippen molar-refractivity contribution >= 4 is 0 Å². The number of rotatable bonds is 1. The maximum absolute atomic E-state index is 12.9. The van der Waals surface area contributed by atoms with Gasteiger partial charge in [0.1, 0.15) is 11.6 Å². The Kier molecular flexibility index (Phi) is 2.22. The van der Waals surface area contributed by atoms with Crippen LogP contribution in [0.2, 0.25) is 0 Å². The summed E-state index contributed by atoms with van der Waals surface area (Å²) in [5.74, 6) is -0.880. The zero-order chi connectivity index (χ0) is 8.43. The first-order valence-electron chi connectivity index (χ1n) is 3.59. The molecule has 1 rings (SSSR count). The minimum Gasteiger partial charge on any atom is -0.207 e. The molecule has 0 unspecified atom stereocenters. The van der Waals surface area contributed by atoms with Gasteiger partial charge in [0, 0.05) is 5.56 Å². The Morgan fingerprint density at radius 2 is 1.64 bits per heavy atom. The molecule has 0 saturated carbocycles. The maximum atomic E-state index is 12.9. The van der Waals surface area contributed by atoms with Crippen LogP contribution in [0.5, 0.6) is 0 Å². The van der Waals surface area contributed by atoms with Gasteiger partial charge in [-0.3, -0.25) is 0 Å². The standard InChI is InChI=1S/C9H10F2/c1-3-7-8(10)4-6(2)5-9(7)11/h4-5H,3H2,1-2H3. The molecular formula is C9H10F2. The molecule has 60 valence electrons. The molecule has 0 aliphatic rings. The Bertz CT molecular complexity index is 243. The third-order valence-electron chi connectivity index (χ3n) is 1.64. The summed E-state index contributed by atoms with van der Waals surface area (Å²) in [6, 6.07) is 2.70. The van der Waals surface area contributed by atoms with Crippen LogP contribution in [0.25, 0.3) is 0 Å². The molecule has 11 heavy (non-hydrogen) atoms. The Morgan fingerprint density at radius 1 is 1.18 bits per heavy atom. The van der Waals surface area contributed by atoms with Gasteiger partial charge in [-0.2, -0.15) is 0 Å². The maximum Gasteiger partial charge on any atom is 0.129 e. The molecule has 0 N–H and O–H groups in total. The van der Waals surface area contributed by atoms with E-state index in [0.717, 1.165) is 0 Å². The lowest BCUT2D eigenvalue weighted by Gasteiger charge is -2.01. The van der Waals surface area contributed by atoms with Crippen molar-refractivity contribution < 1.29 is 8.78 Å². The Morgan fingerprint density at radius 3 is 2.00 bits per heavy atom. The lowest BCUT2D eigenvalue weighted by Crippen LogP contribution is -1.94. The zero-order valence-electron chi connectivity index (χ0n) is 6.62. The molecular weight excluding hydrogens is 146 g/mol. The van der Waals surface area contributed by atoms with Crippen molar-refractivity contribution in [2.75, 3.05) is 0 Å². The predicted molar refractivity (Wildman–Crippen MR) is 40.5 cm³/mol. The second-order valence-electron chi connectivity index (χ2n) is 2.56. The van der Waals surface area contributed by atoms with Gasteiger partial charge in [-0.1, -0.05) is 6.92 Å². The zero-order valence-corrected chi connectivity index (χ0v) is 6.62. The minimum atomic E-state index is -0.440. The van der Waals surface area contributed by atoms with Gasteiger partial charge in [0.25, 0.3) is 0 Å². The van der Waals surface area contributed by atoms with E-state index in [2.05, 4.69) is 0 Å². The highest BCUT2D eigenvalue weighted by molar-refractivity contribution is 5.25. The highest BCUT2D eigenvalue weighted by Gasteiger charge is 2.06. The summed E-state index contributed by atoms with van der Waals surface area (Å²) in [6.45, 7) is 3.41. The molecule has 0 atom stereocenters. The highest BCUT2D eigenvalue weighted by Crippen LogP contribution is 2.14. The molecule has 0 nitrogen and oxygen atoms in total. The van der Waals surface area contributed by atoms with E-state index in [-0.39, 0.29) is 5.56 Å². The van der Waals surface area contributed by atoms with Crippen LogP contribution in [0.3, 0.4) is 0 Å². The SMILES string of the molecule is CCc1c(F)cc(C)cc1F. The third kappa shape index (κ3) is 1.56. The van der Waals surface area contributed by atoms with E-state index in [4.69, 9.17) is 0 Å². The summed E-state index contributed by atoms with van der Waals surface area (Å²) >= 11 is 0. The number of hydrogen-bond acceptors (Lipinski definition) is 0. The van der Waals surface area contributed by atoms with Gasteiger partial charge in [-0.25, -0.2) is 8.78 Å². The molecule has 0 amide bonds. The summed E-state index contributed by atoms with van der Waals surface area (Å²) in [7, 11) is 0. The molecule has 0 spiro atoms. The van der Waals surface area contributed by atoms with Crippen molar-refractivity contribution in [2.24, 2.45) is 0 Å². The van der Waals surface area contributed by atoms with E-state index in [1.807, 2.05) is 0 Å². The Labute approximate surface area is 64.9 Å². The van der Waals surface area contributed by atoms with Gasteiger partial charge in [-0.15, -0.1) is 0 Å². The van der Waals surface area contributed by atoms with Gasteiger partial charge in [-0.05, 0) is 31.0 Å². The van der Waals surface area contributed by atoms with Crippen molar-refractivity contribution in [3.8, 4) is 0 Å². The molecule has 0 aromatic heterocycles. The van der Waals surface area contributed by atoms with Crippen LogP contribution in [-0.4, -0.2) is 0 Å². The molecule has 1 aromatic carbocycles. The first-order valence-corrected chi connectivity index (χ1v) is 3.59. The van der Waals surface area contributed by atoms with E-state index in [1.54, 1.807) is 13.8 Å². The number of aryl methyl sites for hydroxylation is 1. The molecule has 0 heterocycles. The Balaban J connectivity index is 3.25. The van der Waals surface area contributed by atoms with Crippen LogP contribution < -0.4 is 0 Å². The van der Waals surface area contributed by atoms with Crippen molar-refractivity contribution in [2.45, 2.75) is 20.3 Å². The minimum absolute atomic E-state index is 0.176. The highest BCUT2D eigenvalue weighted by atomic mass is 19.1. The molecule has 2 heteroatoms. The summed E-state index contributed by atoms with van der Waals surface area (Å²) in [5.41, 5.74) is 0.799. The first kappa shape index (κ1) is 8.18. The molecule has 0 saturated heterocycles. The van der Waals surface area contributed by atoms with Gasteiger partial charge in [0.2, 0.25) is 0 Å². The van der Waals surface area contributed by atoms with Crippen LogP contribution >= 0.6 is 0 Å². The van der Waals surface area contributed by atoms with Crippen molar-refractivity contribution in [3.05, 3.63) is 34.9 Å². The normalized spacial score (nSPS) is 10.2. The van der Waals surface area contributed by atoms with Crippen LogP contribution in [0.1, 0.15) is 18.1 Å². The van der Waals surface area contributed by atoms with Gasteiger partial charge < -0.3 is 0 Å². The fourth-order valence-electron chi connectivity index (χ4n) is 1.07. The molecule has 0 fully saturated rings. The van der Waals surface area contributed by atoms with E-state index in [0.29, 0.717) is 12.0 Å². The first-order chi connectivity index (χ1) is 5.15. The van der Waals surface area contributed by atoms with Gasteiger partial charge >= 0.3 is 0 Å². The van der Waals surface area contributed by atoms with Crippen molar-refractivity contribution in [1.29, 1.82) is 0 Å². The molecule has 1 aromatic rings. The van der Waals surface area contributed by atoms with E-state index in [1.165, 1.54) is 12.1 Å². The lowest BCUT2D eigenvalue weighted by atomic mass is 10.1. The topological polar surface area (TPSA) is 0 Å². The summed E-state index contributed by atoms with van der Waals surface area (Å²) in [5, 5.41) is 0. The number of halogens is 2. The lowest BCUT2D eigenvalue weighted by molar-refractivity contribution is 0.557. The monoisotopic (exact) mass is 156 g/mol. The summed E-state index contributed by atoms with van der Waals surface area (Å²) in [6.07, 6.45) is 0.401. The van der Waals surface area contributed by atoms with Gasteiger partial charge in [0.15, 0.2) is 0 Å². The fraction of sp³-hybridized carbons (Fsp3) is 0.333. The largest absolute Gasteiger partial charge is 0.207 e. The molecule has 0 aliphatic heterocycles. The summed E-state index contributed by atoms with van der Waals surface area (Å²) < 4.78 is 25.7. The average Bonchev–Trinajstić information content (AvgIpc) is 1.85. The molecule has 0 aliphatic carbocycles. The van der Waals surface area contributed by atoms with Crippen LogP contribution in [0.15, 0.2) is 12.1 Å². The van der Waals surface area contributed by atoms with E-state index < -0.39 is 11.6 Å². The fourth-order valence-corrected chi connectivity index (χ4v) is 1.07. The van der Waals surface area contributed by atoms with Crippen LogP contribution in [-0.2, 0) is 6.42 Å². The van der Waals surface area contributed by atoms with Gasteiger partial charge in [0.05, 0.1) is 0 Å². The average molecular weight is 156 g/mol. The van der Waals surface area contributed by atoms with Crippen LogP contribution in [0.4, 0.5) is 8.78 Å². The predicted octanol–water partition coefficient (Wildman–Crippen LogP) is 2.84. The van der Waals surface area contributed by atoms with E-state index >= 15 is 0 Å². The third-order valence-corrected chi connectivity index (χ3v) is 1.64. The number of benzene rings is 1. The quantitative estimate of drug-likeness (QED) is 0.586. The van der Waals surface area contributed by atoms with Crippen molar-refractivity contribution in [3.63, 3.8) is 0 Å². The van der Waals surface area contributed by atoms with Crippen LogP contribution in [0, 0.1) is 18.6 Å². The van der Waals surface area contributed by atoms with E-state index in [9.17, 15) is 8.78 Å². The smallest absolute Gasteiger partial charge is 0.129 e. The Hall–Kier alpha value is -0.920. The number of hydrogen-bond donors (Lipinski definition) is 0. The second-order valence-corrected chi connectivity index (χ2v) is 2.56. The van der Waals surface area contributed by atoms with Crippen molar-refractivity contribution in [1.82, 2.24) is 0 Å². The summed E-state index contributed by atoms with van der Waals surface area (Å²) in [4.78, 5) is 0.